The maximum atomic E-state index is 11.2. The minimum atomic E-state index is -0.894. The Morgan fingerprint density at radius 2 is 2.11 bits per heavy atom. The van der Waals surface area contributed by atoms with E-state index < -0.39 is 12.0 Å². The van der Waals surface area contributed by atoms with Crippen molar-refractivity contribution in [3.63, 3.8) is 0 Å². The van der Waals surface area contributed by atoms with Gasteiger partial charge in [-0.15, -0.1) is 0 Å². The maximum absolute atomic E-state index is 11.2. The van der Waals surface area contributed by atoms with E-state index in [0.29, 0.717) is 24.7 Å². The standard InChI is InChI=1S/C13H17NO5/c1-17-11-4-3-9(7-12(11)18-2)14-5-6-19-8-10(14)13(15)16/h3-4,7,10H,5-6,8H2,1-2H3,(H,15,16). The van der Waals surface area contributed by atoms with E-state index in [1.54, 1.807) is 31.3 Å². The lowest BCUT2D eigenvalue weighted by Gasteiger charge is -2.34. The molecule has 104 valence electrons. The van der Waals surface area contributed by atoms with Crippen molar-refractivity contribution in [1.82, 2.24) is 0 Å². The molecular formula is C13H17NO5. The second kappa shape index (κ2) is 5.79. The monoisotopic (exact) mass is 267 g/mol. The van der Waals surface area contributed by atoms with Crippen LogP contribution in [0.15, 0.2) is 18.2 Å². The molecule has 1 aliphatic rings. The SMILES string of the molecule is COc1ccc(N2CCOCC2C(=O)O)cc1OC. The number of carboxylic acid groups (broad SMARTS) is 1. The Hall–Kier alpha value is -1.95. The first-order valence-electron chi connectivity index (χ1n) is 5.96. The summed E-state index contributed by atoms with van der Waals surface area (Å²) in [4.78, 5) is 13.0. The summed E-state index contributed by atoms with van der Waals surface area (Å²) in [5, 5.41) is 9.22. The second-order valence-corrected chi connectivity index (χ2v) is 4.16. The molecule has 1 fully saturated rings. The average Bonchev–Trinajstić information content (AvgIpc) is 2.46. The molecule has 0 radical (unpaired) electrons. The van der Waals surface area contributed by atoms with E-state index >= 15 is 0 Å². The molecule has 1 N–H and O–H groups in total. The lowest BCUT2D eigenvalue weighted by Crippen LogP contribution is -2.50. The van der Waals surface area contributed by atoms with Crippen molar-refractivity contribution in [3.05, 3.63) is 18.2 Å². The van der Waals surface area contributed by atoms with Gasteiger partial charge in [0.05, 0.1) is 27.4 Å². The zero-order valence-corrected chi connectivity index (χ0v) is 11.0. The molecule has 19 heavy (non-hydrogen) atoms. The smallest absolute Gasteiger partial charge is 0.328 e. The molecule has 1 heterocycles. The van der Waals surface area contributed by atoms with Gasteiger partial charge in [-0.25, -0.2) is 4.79 Å². The topological polar surface area (TPSA) is 68.2 Å². The van der Waals surface area contributed by atoms with Crippen LogP contribution in [0.5, 0.6) is 11.5 Å². The molecule has 6 heteroatoms. The fourth-order valence-corrected chi connectivity index (χ4v) is 2.12. The molecule has 1 aromatic rings. The van der Waals surface area contributed by atoms with Gasteiger partial charge in [-0.05, 0) is 12.1 Å². The Morgan fingerprint density at radius 3 is 2.74 bits per heavy atom. The molecule has 0 aromatic heterocycles. The summed E-state index contributed by atoms with van der Waals surface area (Å²) in [6, 6.07) is 4.69. The van der Waals surface area contributed by atoms with Crippen molar-refractivity contribution in [3.8, 4) is 11.5 Å². The van der Waals surface area contributed by atoms with E-state index in [2.05, 4.69) is 0 Å². The van der Waals surface area contributed by atoms with Gasteiger partial charge in [0, 0.05) is 18.3 Å². The first-order chi connectivity index (χ1) is 9.17. The van der Waals surface area contributed by atoms with Crippen LogP contribution in [0.3, 0.4) is 0 Å². The van der Waals surface area contributed by atoms with Crippen LogP contribution in [0.2, 0.25) is 0 Å². The summed E-state index contributed by atoms with van der Waals surface area (Å²) in [5.74, 6) is 0.302. The molecule has 2 rings (SSSR count). The Kier molecular flexibility index (Phi) is 4.11. The molecule has 0 bridgehead atoms. The molecule has 1 aromatic carbocycles. The van der Waals surface area contributed by atoms with Crippen molar-refractivity contribution in [2.75, 3.05) is 38.9 Å². The van der Waals surface area contributed by atoms with E-state index in [9.17, 15) is 9.90 Å². The van der Waals surface area contributed by atoms with Crippen molar-refractivity contribution in [2.45, 2.75) is 6.04 Å². The summed E-state index contributed by atoms with van der Waals surface area (Å²) in [7, 11) is 3.11. The molecule has 6 nitrogen and oxygen atoms in total. The Bertz CT molecular complexity index is 462. The van der Waals surface area contributed by atoms with Crippen molar-refractivity contribution in [2.24, 2.45) is 0 Å². The number of morpholine rings is 1. The highest BCUT2D eigenvalue weighted by Crippen LogP contribution is 2.32. The van der Waals surface area contributed by atoms with Crippen LogP contribution in [0.1, 0.15) is 0 Å². The van der Waals surface area contributed by atoms with Gasteiger partial charge in [0.2, 0.25) is 0 Å². The molecule has 0 spiro atoms. The molecule has 0 amide bonds. The van der Waals surface area contributed by atoms with Gasteiger partial charge in [-0.1, -0.05) is 0 Å². The van der Waals surface area contributed by atoms with Crippen LogP contribution in [-0.2, 0) is 9.53 Å². The Labute approximate surface area is 111 Å². The van der Waals surface area contributed by atoms with E-state index in [1.165, 1.54) is 0 Å². The minimum Gasteiger partial charge on any atom is -0.493 e. The third kappa shape index (κ3) is 2.73. The maximum Gasteiger partial charge on any atom is 0.328 e. The summed E-state index contributed by atoms with van der Waals surface area (Å²) in [6.45, 7) is 1.23. The average molecular weight is 267 g/mol. The van der Waals surface area contributed by atoms with Crippen molar-refractivity contribution >= 4 is 11.7 Å². The van der Waals surface area contributed by atoms with Gasteiger partial charge in [-0.3, -0.25) is 0 Å². The van der Waals surface area contributed by atoms with Crippen molar-refractivity contribution in [1.29, 1.82) is 0 Å². The van der Waals surface area contributed by atoms with Gasteiger partial charge in [0.25, 0.3) is 0 Å². The predicted molar refractivity (Wildman–Crippen MR) is 69.1 cm³/mol. The Morgan fingerprint density at radius 1 is 1.37 bits per heavy atom. The number of carboxylic acids is 1. The van der Waals surface area contributed by atoms with Crippen LogP contribution < -0.4 is 14.4 Å². The van der Waals surface area contributed by atoms with Gasteiger partial charge in [-0.2, -0.15) is 0 Å². The summed E-state index contributed by atoms with van der Waals surface area (Å²) in [6.07, 6.45) is 0. The molecule has 1 atom stereocenters. The van der Waals surface area contributed by atoms with Gasteiger partial charge >= 0.3 is 5.97 Å². The molecule has 0 saturated carbocycles. The van der Waals surface area contributed by atoms with E-state index in [4.69, 9.17) is 14.2 Å². The zero-order chi connectivity index (χ0) is 13.8. The molecule has 1 aliphatic heterocycles. The predicted octanol–water partition coefficient (Wildman–Crippen LogP) is 0.994. The number of benzene rings is 1. The largest absolute Gasteiger partial charge is 0.493 e. The normalized spacial score (nSPS) is 19.1. The van der Waals surface area contributed by atoms with E-state index in [0.717, 1.165) is 5.69 Å². The lowest BCUT2D eigenvalue weighted by atomic mass is 10.1. The number of nitrogens with zero attached hydrogens (tertiary/aromatic N) is 1. The molecular weight excluding hydrogens is 250 g/mol. The number of aliphatic carboxylic acids is 1. The van der Waals surface area contributed by atoms with E-state index in [-0.39, 0.29) is 6.61 Å². The third-order valence-electron chi connectivity index (χ3n) is 3.11. The van der Waals surface area contributed by atoms with Crippen molar-refractivity contribution < 1.29 is 24.1 Å². The van der Waals surface area contributed by atoms with Crippen LogP contribution in [0.4, 0.5) is 5.69 Å². The number of carbonyl (C=O) groups is 1. The Balaban J connectivity index is 2.31. The highest BCUT2D eigenvalue weighted by atomic mass is 16.5. The zero-order valence-electron chi connectivity index (χ0n) is 11.0. The number of anilines is 1. The highest BCUT2D eigenvalue weighted by Gasteiger charge is 2.29. The molecule has 1 unspecified atom stereocenters. The number of ether oxygens (including phenoxy) is 3. The van der Waals surface area contributed by atoms with Crippen LogP contribution in [0.25, 0.3) is 0 Å². The second-order valence-electron chi connectivity index (χ2n) is 4.16. The molecule has 1 saturated heterocycles. The van der Waals surface area contributed by atoms with Crippen LogP contribution >= 0.6 is 0 Å². The fraction of sp³-hybridized carbons (Fsp3) is 0.462. The first kappa shape index (κ1) is 13.5. The quantitative estimate of drug-likeness (QED) is 0.877. The number of methoxy groups -OCH3 is 2. The number of hydrogen-bond donors (Lipinski definition) is 1. The highest BCUT2D eigenvalue weighted by molar-refractivity contribution is 5.79. The van der Waals surface area contributed by atoms with E-state index in [1.807, 2.05) is 6.07 Å². The lowest BCUT2D eigenvalue weighted by molar-refractivity contribution is -0.141. The molecule has 0 aliphatic carbocycles. The summed E-state index contributed by atoms with van der Waals surface area (Å²) < 4.78 is 15.6. The van der Waals surface area contributed by atoms with Crippen LogP contribution in [-0.4, -0.2) is 51.1 Å². The van der Waals surface area contributed by atoms with Gasteiger partial charge in [0.1, 0.15) is 0 Å². The summed E-state index contributed by atoms with van der Waals surface area (Å²) in [5.41, 5.74) is 0.786. The fourth-order valence-electron chi connectivity index (χ4n) is 2.12. The van der Waals surface area contributed by atoms with Gasteiger partial charge in [0.15, 0.2) is 17.5 Å². The van der Waals surface area contributed by atoms with Gasteiger partial charge < -0.3 is 24.2 Å². The van der Waals surface area contributed by atoms with Crippen LogP contribution in [0, 0.1) is 0 Å². The third-order valence-corrected chi connectivity index (χ3v) is 3.11. The minimum absolute atomic E-state index is 0.184. The number of rotatable bonds is 4. The number of hydrogen-bond acceptors (Lipinski definition) is 5. The first-order valence-corrected chi connectivity index (χ1v) is 5.96. The summed E-state index contributed by atoms with van der Waals surface area (Å²) >= 11 is 0.